The van der Waals surface area contributed by atoms with Gasteiger partial charge in [0.2, 0.25) is 5.88 Å². The fraction of sp³-hybridized carbons (Fsp3) is 0.417. The number of amides is 1. The highest BCUT2D eigenvalue weighted by Crippen LogP contribution is 2.30. The lowest BCUT2D eigenvalue weighted by Crippen LogP contribution is -2.37. The summed E-state index contributed by atoms with van der Waals surface area (Å²) in [5, 5.41) is 23.1. The van der Waals surface area contributed by atoms with Gasteiger partial charge in [0.25, 0.3) is 5.56 Å². The van der Waals surface area contributed by atoms with Gasteiger partial charge in [0, 0.05) is 12.6 Å². The summed E-state index contributed by atoms with van der Waals surface area (Å²) in [6.45, 7) is 0.469. The van der Waals surface area contributed by atoms with E-state index in [4.69, 9.17) is 0 Å². The Hall–Kier alpha value is -2.51. The monoisotopic (exact) mass is 278 g/mol. The van der Waals surface area contributed by atoms with Gasteiger partial charge in [-0.1, -0.05) is 0 Å². The second kappa shape index (κ2) is 4.55. The van der Waals surface area contributed by atoms with E-state index in [1.165, 1.54) is 9.42 Å². The topological polar surface area (TPSA) is 111 Å². The summed E-state index contributed by atoms with van der Waals surface area (Å²) < 4.78 is 1.20. The van der Waals surface area contributed by atoms with Gasteiger partial charge in [-0.05, 0) is 19.3 Å². The van der Waals surface area contributed by atoms with E-state index in [-0.39, 0.29) is 11.9 Å². The number of aromatic nitrogens is 3. The smallest absolute Gasteiger partial charge is 0.407 e. The summed E-state index contributed by atoms with van der Waals surface area (Å²) in [5.74, 6) is -0.271. The summed E-state index contributed by atoms with van der Waals surface area (Å²) in [6, 6.07) is 2.29. The predicted molar refractivity (Wildman–Crippen MR) is 68.8 cm³/mol. The van der Waals surface area contributed by atoms with Crippen molar-refractivity contribution in [3.63, 3.8) is 0 Å². The molecule has 1 amide bonds. The highest BCUT2D eigenvalue weighted by molar-refractivity contribution is 5.66. The molecule has 0 aromatic carbocycles. The minimum Gasteiger partial charge on any atom is -0.493 e. The summed E-state index contributed by atoms with van der Waals surface area (Å²) in [4.78, 5) is 26.5. The van der Waals surface area contributed by atoms with Crippen LogP contribution in [0.1, 0.15) is 31.0 Å². The maximum absolute atomic E-state index is 11.3. The standard InChI is InChI=1S/C12H14N4O4/c17-10-6-11(18)16-9(13-10)5-7(14-16)8-3-1-2-4-15(8)12(19)20/h5-6,8,18H,1-4H2,(H,13,17)(H,19,20)/t8-/m0/s1. The number of piperidine rings is 1. The fourth-order valence-corrected chi connectivity index (χ4v) is 2.63. The van der Waals surface area contributed by atoms with E-state index in [2.05, 4.69) is 10.1 Å². The van der Waals surface area contributed by atoms with Crippen LogP contribution in [-0.2, 0) is 0 Å². The molecule has 20 heavy (non-hydrogen) atoms. The lowest BCUT2D eigenvalue weighted by molar-refractivity contribution is 0.105. The van der Waals surface area contributed by atoms with Crippen molar-refractivity contribution >= 4 is 11.7 Å². The summed E-state index contributed by atoms with van der Waals surface area (Å²) >= 11 is 0. The first kappa shape index (κ1) is 12.5. The van der Waals surface area contributed by atoms with E-state index < -0.39 is 11.7 Å². The third-order valence-electron chi connectivity index (χ3n) is 3.55. The quantitative estimate of drug-likeness (QED) is 0.718. The Balaban J connectivity index is 2.07. The fourth-order valence-electron chi connectivity index (χ4n) is 2.63. The maximum atomic E-state index is 11.3. The van der Waals surface area contributed by atoms with Crippen molar-refractivity contribution in [3.8, 4) is 5.88 Å². The van der Waals surface area contributed by atoms with Gasteiger partial charge in [0.15, 0.2) is 0 Å². The highest BCUT2D eigenvalue weighted by atomic mass is 16.4. The molecule has 0 saturated carbocycles. The van der Waals surface area contributed by atoms with Crippen molar-refractivity contribution in [2.24, 2.45) is 0 Å². The molecule has 1 fully saturated rings. The molecule has 1 saturated heterocycles. The third-order valence-corrected chi connectivity index (χ3v) is 3.55. The van der Waals surface area contributed by atoms with E-state index >= 15 is 0 Å². The van der Waals surface area contributed by atoms with Crippen LogP contribution in [0.15, 0.2) is 16.9 Å². The largest absolute Gasteiger partial charge is 0.493 e. The van der Waals surface area contributed by atoms with Crippen LogP contribution in [0.3, 0.4) is 0 Å². The van der Waals surface area contributed by atoms with Gasteiger partial charge < -0.3 is 15.2 Å². The van der Waals surface area contributed by atoms with Crippen LogP contribution in [0, 0.1) is 0 Å². The molecule has 1 aliphatic rings. The molecule has 0 radical (unpaired) electrons. The van der Waals surface area contributed by atoms with Gasteiger partial charge >= 0.3 is 6.09 Å². The van der Waals surface area contributed by atoms with Gasteiger partial charge in [-0.2, -0.15) is 9.61 Å². The van der Waals surface area contributed by atoms with Gasteiger partial charge in [0.1, 0.15) is 5.65 Å². The van der Waals surface area contributed by atoms with Crippen LogP contribution in [0.2, 0.25) is 0 Å². The van der Waals surface area contributed by atoms with E-state index in [1.54, 1.807) is 6.07 Å². The highest BCUT2D eigenvalue weighted by Gasteiger charge is 2.29. The normalized spacial score (nSPS) is 19.4. The molecular formula is C12H14N4O4. The Morgan fingerprint density at radius 2 is 2.20 bits per heavy atom. The van der Waals surface area contributed by atoms with Gasteiger partial charge in [0.05, 0.1) is 17.8 Å². The molecule has 3 N–H and O–H groups in total. The van der Waals surface area contributed by atoms with Crippen LogP contribution in [0.25, 0.3) is 5.65 Å². The molecule has 0 spiro atoms. The molecule has 3 rings (SSSR count). The lowest BCUT2D eigenvalue weighted by atomic mass is 10.00. The number of H-pyrrole nitrogens is 1. The number of aromatic hydroxyl groups is 1. The average molecular weight is 278 g/mol. The van der Waals surface area contributed by atoms with Crippen LogP contribution in [-0.4, -0.2) is 42.3 Å². The number of fused-ring (bicyclic) bond motifs is 1. The van der Waals surface area contributed by atoms with Gasteiger partial charge in [-0.15, -0.1) is 0 Å². The molecule has 0 bridgehead atoms. The van der Waals surface area contributed by atoms with Crippen molar-refractivity contribution in [3.05, 3.63) is 28.2 Å². The van der Waals surface area contributed by atoms with Crippen LogP contribution >= 0.6 is 0 Å². The number of carboxylic acid groups (broad SMARTS) is 1. The van der Waals surface area contributed by atoms with Crippen molar-refractivity contribution in [1.82, 2.24) is 19.5 Å². The van der Waals surface area contributed by atoms with Crippen LogP contribution < -0.4 is 5.56 Å². The third kappa shape index (κ3) is 1.98. The number of carbonyl (C=O) groups is 1. The van der Waals surface area contributed by atoms with E-state index in [1.807, 2.05) is 0 Å². The molecule has 1 aliphatic heterocycles. The molecular weight excluding hydrogens is 264 g/mol. The van der Waals surface area contributed by atoms with Gasteiger partial charge in [-0.3, -0.25) is 9.69 Å². The molecule has 2 aromatic rings. The lowest BCUT2D eigenvalue weighted by Gasteiger charge is -2.32. The zero-order valence-electron chi connectivity index (χ0n) is 10.6. The Kier molecular flexibility index (Phi) is 2.85. The first-order valence-electron chi connectivity index (χ1n) is 6.38. The molecule has 2 aromatic heterocycles. The molecule has 8 heteroatoms. The number of rotatable bonds is 1. The second-order valence-corrected chi connectivity index (χ2v) is 4.85. The Labute approximate surface area is 113 Å². The Morgan fingerprint density at radius 3 is 2.95 bits per heavy atom. The van der Waals surface area contributed by atoms with Crippen LogP contribution in [0.4, 0.5) is 4.79 Å². The molecule has 0 aliphatic carbocycles. The maximum Gasteiger partial charge on any atom is 0.407 e. The van der Waals surface area contributed by atoms with E-state index in [0.29, 0.717) is 24.3 Å². The summed E-state index contributed by atoms with van der Waals surface area (Å²) in [6.07, 6.45) is 1.45. The van der Waals surface area contributed by atoms with Crippen molar-refractivity contribution in [2.45, 2.75) is 25.3 Å². The van der Waals surface area contributed by atoms with Crippen LogP contribution in [0.5, 0.6) is 5.88 Å². The molecule has 1 atom stereocenters. The number of nitrogens with one attached hydrogen (secondary N) is 1. The Morgan fingerprint density at radius 1 is 1.40 bits per heavy atom. The predicted octanol–water partition coefficient (Wildman–Crippen LogP) is 0.933. The van der Waals surface area contributed by atoms with Gasteiger partial charge in [-0.25, -0.2) is 4.79 Å². The van der Waals surface area contributed by atoms with E-state index in [0.717, 1.165) is 18.9 Å². The number of hydrogen-bond donors (Lipinski definition) is 3. The minimum absolute atomic E-state index is 0.271. The van der Waals surface area contributed by atoms with Crippen molar-refractivity contribution in [1.29, 1.82) is 0 Å². The number of aromatic amines is 1. The number of hydrogen-bond acceptors (Lipinski definition) is 4. The first-order valence-corrected chi connectivity index (χ1v) is 6.38. The summed E-state index contributed by atoms with van der Waals surface area (Å²) in [7, 11) is 0. The zero-order chi connectivity index (χ0) is 14.3. The SMILES string of the molecule is O=C(O)N1CCCC[C@H]1c1cc2[nH]c(=O)cc(O)n2n1. The summed E-state index contributed by atoms with van der Waals surface area (Å²) in [5.41, 5.74) is 0.449. The van der Waals surface area contributed by atoms with Crippen molar-refractivity contribution in [2.75, 3.05) is 6.54 Å². The zero-order valence-corrected chi connectivity index (χ0v) is 10.6. The molecule has 8 nitrogen and oxygen atoms in total. The molecule has 0 unspecified atom stereocenters. The first-order chi connectivity index (χ1) is 9.56. The second-order valence-electron chi connectivity index (χ2n) is 4.85. The minimum atomic E-state index is -0.982. The van der Waals surface area contributed by atoms with Crippen molar-refractivity contribution < 1.29 is 15.0 Å². The molecule has 3 heterocycles. The molecule has 106 valence electrons. The van der Waals surface area contributed by atoms with E-state index in [9.17, 15) is 19.8 Å². The average Bonchev–Trinajstić information content (AvgIpc) is 2.82. The Bertz CT molecular complexity index is 720. The number of likely N-dealkylation sites (tertiary alicyclic amines) is 1. The number of nitrogens with zero attached hydrogens (tertiary/aromatic N) is 3.